The van der Waals surface area contributed by atoms with Crippen LogP contribution in [0.15, 0.2) is 47.4 Å². The topological polar surface area (TPSA) is 58.6 Å². The number of sulfonamides is 1. The molecule has 23 heavy (non-hydrogen) atoms. The molecular formula is C16H19FN2O3S. The Bertz CT molecular complexity index is 774. The molecule has 0 atom stereocenters. The Morgan fingerprint density at radius 1 is 1.13 bits per heavy atom. The van der Waals surface area contributed by atoms with Gasteiger partial charge in [0.25, 0.3) is 0 Å². The van der Waals surface area contributed by atoms with E-state index in [0.29, 0.717) is 18.0 Å². The monoisotopic (exact) mass is 338 g/mol. The van der Waals surface area contributed by atoms with Gasteiger partial charge in [-0.15, -0.1) is 0 Å². The van der Waals surface area contributed by atoms with E-state index in [2.05, 4.69) is 5.32 Å². The van der Waals surface area contributed by atoms with Crippen LogP contribution in [0.4, 0.5) is 10.1 Å². The van der Waals surface area contributed by atoms with Crippen LogP contribution in [0.1, 0.15) is 5.56 Å². The van der Waals surface area contributed by atoms with Gasteiger partial charge in [-0.3, -0.25) is 0 Å². The SMILES string of the molecule is COc1cc(F)cc(NCc2ccc(S(=O)(=O)N(C)C)cc2)c1. The van der Waals surface area contributed by atoms with Gasteiger partial charge in [-0.05, 0) is 23.8 Å². The van der Waals surface area contributed by atoms with Crippen LogP contribution in [0.25, 0.3) is 0 Å². The minimum atomic E-state index is -3.43. The molecule has 7 heteroatoms. The van der Waals surface area contributed by atoms with E-state index in [-0.39, 0.29) is 10.7 Å². The molecule has 0 fully saturated rings. The van der Waals surface area contributed by atoms with Gasteiger partial charge < -0.3 is 10.1 Å². The first-order valence-corrected chi connectivity index (χ1v) is 8.37. The quantitative estimate of drug-likeness (QED) is 0.880. The molecule has 0 radical (unpaired) electrons. The Kier molecular flexibility index (Phi) is 5.23. The number of anilines is 1. The van der Waals surface area contributed by atoms with Gasteiger partial charge in [-0.1, -0.05) is 12.1 Å². The zero-order valence-electron chi connectivity index (χ0n) is 13.2. The van der Waals surface area contributed by atoms with Crippen LogP contribution in [-0.4, -0.2) is 33.9 Å². The van der Waals surface area contributed by atoms with Gasteiger partial charge >= 0.3 is 0 Å². The Labute approximate surface area is 135 Å². The highest BCUT2D eigenvalue weighted by molar-refractivity contribution is 7.89. The summed E-state index contributed by atoms with van der Waals surface area (Å²) >= 11 is 0. The van der Waals surface area contributed by atoms with Crippen LogP contribution in [-0.2, 0) is 16.6 Å². The highest BCUT2D eigenvalue weighted by atomic mass is 32.2. The van der Waals surface area contributed by atoms with Crippen molar-refractivity contribution in [1.29, 1.82) is 0 Å². The van der Waals surface area contributed by atoms with E-state index in [1.807, 2.05) is 0 Å². The molecule has 0 saturated heterocycles. The number of halogens is 1. The summed E-state index contributed by atoms with van der Waals surface area (Å²) in [6, 6.07) is 10.9. The summed E-state index contributed by atoms with van der Waals surface area (Å²) in [5.41, 5.74) is 1.47. The molecule has 5 nitrogen and oxygen atoms in total. The third kappa shape index (κ3) is 4.20. The van der Waals surface area contributed by atoms with E-state index < -0.39 is 10.0 Å². The lowest BCUT2D eigenvalue weighted by molar-refractivity contribution is 0.411. The summed E-state index contributed by atoms with van der Waals surface area (Å²) < 4.78 is 43.6. The maximum atomic E-state index is 13.4. The van der Waals surface area contributed by atoms with Gasteiger partial charge in [0.05, 0.1) is 12.0 Å². The van der Waals surface area contributed by atoms with Crippen LogP contribution >= 0.6 is 0 Å². The molecule has 0 amide bonds. The van der Waals surface area contributed by atoms with Crippen LogP contribution in [0.5, 0.6) is 5.75 Å². The van der Waals surface area contributed by atoms with E-state index in [4.69, 9.17) is 4.74 Å². The molecule has 0 spiro atoms. The van der Waals surface area contributed by atoms with Crippen molar-refractivity contribution in [2.75, 3.05) is 26.5 Å². The van der Waals surface area contributed by atoms with E-state index in [9.17, 15) is 12.8 Å². The van der Waals surface area contributed by atoms with Gasteiger partial charge in [0.2, 0.25) is 10.0 Å². The van der Waals surface area contributed by atoms with Crippen molar-refractivity contribution in [3.63, 3.8) is 0 Å². The Morgan fingerprint density at radius 2 is 1.78 bits per heavy atom. The fourth-order valence-corrected chi connectivity index (χ4v) is 2.88. The molecule has 2 aromatic carbocycles. The number of benzene rings is 2. The summed E-state index contributed by atoms with van der Waals surface area (Å²) in [5, 5.41) is 3.08. The number of ether oxygens (including phenoxy) is 1. The third-order valence-electron chi connectivity index (χ3n) is 3.31. The lowest BCUT2D eigenvalue weighted by atomic mass is 10.2. The van der Waals surface area contributed by atoms with Crippen molar-refractivity contribution in [1.82, 2.24) is 4.31 Å². The molecule has 2 rings (SSSR count). The van der Waals surface area contributed by atoms with E-state index in [1.165, 1.54) is 37.6 Å². The van der Waals surface area contributed by atoms with Crippen LogP contribution in [0.2, 0.25) is 0 Å². The van der Waals surface area contributed by atoms with Crippen molar-refractivity contribution in [3.05, 3.63) is 53.8 Å². The molecule has 0 unspecified atom stereocenters. The first-order chi connectivity index (χ1) is 10.8. The molecule has 0 aliphatic rings. The maximum absolute atomic E-state index is 13.4. The van der Waals surface area contributed by atoms with Gasteiger partial charge in [0.15, 0.2) is 0 Å². The lowest BCUT2D eigenvalue weighted by Gasteiger charge is -2.12. The number of nitrogens with one attached hydrogen (secondary N) is 1. The Hall–Kier alpha value is -2.12. The molecule has 1 N–H and O–H groups in total. The summed E-state index contributed by atoms with van der Waals surface area (Å²) in [5.74, 6) is 0.0409. The average molecular weight is 338 g/mol. The number of methoxy groups -OCH3 is 1. The third-order valence-corrected chi connectivity index (χ3v) is 5.13. The summed E-state index contributed by atoms with van der Waals surface area (Å²) in [7, 11) is 1.02. The first kappa shape index (κ1) is 17.2. The largest absolute Gasteiger partial charge is 0.497 e. The van der Waals surface area contributed by atoms with Crippen molar-refractivity contribution < 1.29 is 17.5 Å². The summed E-state index contributed by atoms with van der Waals surface area (Å²) in [4.78, 5) is 0.235. The fourth-order valence-electron chi connectivity index (χ4n) is 1.98. The second kappa shape index (κ2) is 6.97. The first-order valence-electron chi connectivity index (χ1n) is 6.93. The molecule has 2 aromatic rings. The number of nitrogens with zero attached hydrogens (tertiary/aromatic N) is 1. The molecule has 0 aliphatic carbocycles. The predicted octanol–water partition coefficient (Wildman–Crippen LogP) is 2.70. The second-order valence-corrected chi connectivity index (χ2v) is 7.32. The molecule has 0 heterocycles. The maximum Gasteiger partial charge on any atom is 0.242 e. The minimum absolute atomic E-state index is 0.235. The van der Waals surface area contributed by atoms with Crippen LogP contribution in [0.3, 0.4) is 0 Å². The van der Waals surface area contributed by atoms with E-state index in [1.54, 1.807) is 30.3 Å². The van der Waals surface area contributed by atoms with Crippen molar-refractivity contribution >= 4 is 15.7 Å². The predicted molar refractivity (Wildman–Crippen MR) is 87.6 cm³/mol. The van der Waals surface area contributed by atoms with E-state index >= 15 is 0 Å². The smallest absolute Gasteiger partial charge is 0.242 e. The Morgan fingerprint density at radius 3 is 2.35 bits per heavy atom. The second-order valence-electron chi connectivity index (χ2n) is 5.16. The lowest BCUT2D eigenvalue weighted by Crippen LogP contribution is -2.22. The average Bonchev–Trinajstić information content (AvgIpc) is 2.52. The van der Waals surface area contributed by atoms with Crippen molar-refractivity contribution in [2.24, 2.45) is 0 Å². The fraction of sp³-hybridized carbons (Fsp3) is 0.250. The summed E-state index contributed by atoms with van der Waals surface area (Å²) in [6.45, 7) is 0.439. The van der Waals surface area contributed by atoms with Gasteiger partial charge in [-0.2, -0.15) is 0 Å². The molecular weight excluding hydrogens is 319 g/mol. The van der Waals surface area contributed by atoms with Gasteiger partial charge in [0.1, 0.15) is 11.6 Å². The van der Waals surface area contributed by atoms with Crippen molar-refractivity contribution in [2.45, 2.75) is 11.4 Å². The number of rotatable bonds is 6. The van der Waals surface area contributed by atoms with E-state index in [0.717, 1.165) is 5.56 Å². The molecule has 0 bridgehead atoms. The molecule has 0 aromatic heterocycles. The van der Waals surface area contributed by atoms with Crippen LogP contribution in [0, 0.1) is 5.82 Å². The van der Waals surface area contributed by atoms with Crippen LogP contribution < -0.4 is 10.1 Å². The van der Waals surface area contributed by atoms with Crippen molar-refractivity contribution in [3.8, 4) is 5.75 Å². The molecule has 124 valence electrons. The van der Waals surface area contributed by atoms with Gasteiger partial charge in [-0.25, -0.2) is 17.1 Å². The molecule has 0 saturated carbocycles. The number of hydrogen-bond donors (Lipinski definition) is 1. The zero-order valence-corrected chi connectivity index (χ0v) is 14.0. The summed E-state index contributed by atoms with van der Waals surface area (Å²) in [6.07, 6.45) is 0. The standard InChI is InChI=1S/C16H19FN2O3S/c1-19(2)23(20,21)16-6-4-12(5-7-16)11-18-14-8-13(17)9-15(10-14)22-3/h4-10,18H,11H2,1-3H3. The molecule has 0 aliphatic heterocycles. The number of hydrogen-bond acceptors (Lipinski definition) is 4. The highest BCUT2D eigenvalue weighted by Crippen LogP contribution is 2.21. The van der Waals surface area contributed by atoms with Gasteiger partial charge in [0, 0.05) is 38.5 Å². The highest BCUT2D eigenvalue weighted by Gasteiger charge is 2.16. The Balaban J connectivity index is 2.09. The normalized spacial score (nSPS) is 11.5. The zero-order chi connectivity index (χ0) is 17.0. The minimum Gasteiger partial charge on any atom is -0.497 e.